The van der Waals surface area contributed by atoms with Gasteiger partial charge in [0.1, 0.15) is 17.8 Å². The lowest BCUT2D eigenvalue weighted by Gasteiger charge is -2.33. The second kappa shape index (κ2) is 7.09. The van der Waals surface area contributed by atoms with Gasteiger partial charge in [-0.15, -0.1) is 5.10 Å². The van der Waals surface area contributed by atoms with Gasteiger partial charge < -0.3 is 4.74 Å². The minimum Gasteiger partial charge on any atom is -0.494 e. The Kier molecular flexibility index (Phi) is 5.05. The number of hydrogen-bond donors (Lipinski definition) is 1. The smallest absolute Gasteiger partial charge is 0.240 e. The van der Waals surface area contributed by atoms with Crippen molar-refractivity contribution in [2.75, 3.05) is 7.11 Å². The molecular weight excluding hydrogens is 342 g/mol. The Bertz CT molecular complexity index is 822. The van der Waals surface area contributed by atoms with E-state index in [1.165, 1.54) is 30.3 Å². The van der Waals surface area contributed by atoms with Gasteiger partial charge in [0.2, 0.25) is 10.0 Å². The number of nitrogens with zero attached hydrogens (tertiary/aromatic N) is 4. The number of tetrazole rings is 1. The van der Waals surface area contributed by atoms with E-state index in [2.05, 4.69) is 34.1 Å². The summed E-state index contributed by atoms with van der Waals surface area (Å²) in [5, 5.41) is 11.0. The van der Waals surface area contributed by atoms with Crippen molar-refractivity contribution in [2.45, 2.75) is 44.0 Å². The molecule has 1 aromatic carbocycles. The first-order chi connectivity index (χ1) is 11.9. The molecule has 2 aromatic rings. The van der Waals surface area contributed by atoms with E-state index in [1.54, 1.807) is 6.07 Å². The second-order valence-corrected chi connectivity index (χ2v) is 8.43. The predicted octanol–water partition coefficient (Wildman–Crippen LogP) is 1.77. The number of sulfonamides is 1. The van der Waals surface area contributed by atoms with Gasteiger partial charge in [-0.05, 0) is 53.3 Å². The van der Waals surface area contributed by atoms with Crippen molar-refractivity contribution in [3.8, 4) is 11.4 Å². The van der Waals surface area contributed by atoms with Gasteiger partial charge in [0.15, 0.2) is 0 Å². The van der Waals surface area contributed by atoms with Crippen LogP contribution in [0.4, 0.5) is 0 Å². The van der Waals surface area contributed by atoms with Crippen LogP contribution in [0.1, 0.15) is 33.1 Å². The van der Waals surface area contributed by atoms with Crippen LogP contribution in [0.5, 0.6) is 5.75 Å². The zero-order chi connectivity index (χ0) is 18.0. The van der Waals surface area contributed by atoms with Gasteiger partial charge in [-0.3, -0.25) is 0 Å². The molecule has 1 aliphatic rings. The average Bonchev–Trinajstić information content (AvgIpc) is 3.11. The summed E-state index contributed by atoms with van der Waals surface area (Å²) in [7, 11) is -2.13. The maximum absolute atomic E-state index is 12.9. The molecule has 0 saturated heterocycles. The third kappa shape index (κ3) is 3.82. The minimum atomic E-state index is -3.64. The Balaban J connectivity index is 1.91. The van der Waals surface area contributed by atoms with Gasteiger partial charge >= 0.3 is 0 Å². The molecule has 3 atom stereocenters. The molecule has 0 unspecified atom stereocenters. The lowest BCUT2D eigenvalue weighted by molar-refractivity contribution is 0.251. The Morgan fingerprint density at radius 1 is 1.28 bits per heavy atom. The SMILES string of the molecule is COc1ccc(S(=O)(=O)N[C@@H]2C[C@@H](C)CC[C@H]2C)cc1-n1cnnn1. The molecule has 25 heavy (non-hydrogen) atoms. The quantitative estimate of drug-likeness (QED) is 0.867. The van der Waals surface area contributed by atoms with Crippen LogP contribution in [0.15, 0.2) is 29.4 Å². The number of ether oxygens (including phenoxy) is 1. The van der Waals surface area contributed by atoms with Crippen molar-refractivity contribution in [1.82, 2.24) is 24.9 Å². The Morgan fingerprint density at radius 3 is 2.76 bits per heavy atom. The topological polar surface area (TPSA) is 99.0 Å². The highest BCUT2D eigenvalue weighted by atomic mass is 32.2. The van der Waals surface area contributed by atoms with Crippen LogP contribution < -0.4 is 9.46 Å². The van der Waals surface area contributed by atoms with Crippen molar-refractivity contribution in [2.24, 2.45) is 11.8 Å². The van der Waals surface area contributed by atoms with Crippen LogP contribution in [-0.4, -0.2) is 41.8 Å². The van der Waals surface area contributed by atoms with Crippen LogP contribution in [-0.2, 0) is 10.0 Å². The zero-order valence-corrected chi connectivity index (χ0v) is 15.4. The van der Waals surface area contributed by atoms with Gasteiger partial charge in [-0.1, -0.05) is 20.3 Å². The van der Waals surface area contributed by atoms with Crippen LogP contribution >= 0.6 is 0 Å². The van der Waals surface area contributed by atoms with E-state index in [0.717, 1.165) is 19.3 Å². The molecular formula is C16H23N5O3S. The minimum absolute atomic E-state index is 0.0488. The highest BCUT2D eigenvalue weighted by Gasteiger charge is 2.30. The van der Waals surface area contributed by atoms with Crippen molar-refractivity contribution < 1.29 is 13.2 Å². The lowest BCUT2D eigenvalue weighted by atomic mass is 9.81. The molecule has 0 bridgehead atoms. The van der Waals surface area contributed by atoms with Crippen molar-refractivity contribution in [3.63, 3.8) is 0 Å². The normalized spacial score (nSPS) is 24.2. The summed E-state index contributed by atoms with van der Waals surface area (Å²) in [6.07, 6.45) is 4.43. The van der Waals surface area contributed by atoms with Gasteiger partial charge in [0.25, 0.3) is 0 Å². The second-order valence-electron chi connectivity index (χ2n) is 6.71. The molecule has 1 N–H and O–H groups in total. The maximum Gasteiger partial charge on any atom is 0.240 e. The monoisotopic (exact) mass is 365 g/mol. The summed E-state index contributed by atoms with van der Waals surface area (Å²) in [6, 6.07) is 4.62. The van der Waals surface area contributed by atoms with E-state index < -0.39 is 10.0 Å². The van der Waals surface area contributed by atoms with E-state index in [9.17, 15) is 8.42 Å². The molecule has 0 aliphatic heterocycles. The third-order valence-electron chi connectivity index (χ3n) is 4.82. The first-order valence-corrected chi connectivity index (χ1v) is 9.82. The van der Waals surface area contributed by atoms with Gasteiger partial charge in [-0.25, -0.2) is 13.1 Å². The molecule has 1 heterocycles. The fourth-order valence-electron chi connectivity index (χ4n) is 3.25. The van der Waals surface area contributed by atoms with Crippen LogP contribution in [0.2, 0.25) is 0 Å². The summed E-state index contributed by atoms with van der Waals surface area (Å²) < 4.78 is 35.3. The standard InChI is InChI=1S/C16H23N5O3S/c1-11-4-5-12(2)14(8-11)18-25(22,23)13-6-7-16(24-3)15(9-13)21-10-17-19-20-21/h6-7,9-12,14,18H,4-5,8H2,1-3H3/t11-,12+,14+/m0/s1. The number of benzene rings is 1. The van der Waals surface area contributed by atoms with Crippen LogP contribution in [0.25, 0.3) is 5.69 Å². The predicted molar refractivity (Wildman–Crippen MR) is 92.0 cm³/mol. The van der Waals surface area contributed by atoms with E-state index in [1.807, 2.05) is 0 Å². The molecule has 1 saturated carbocycles. The maximum atomic E-state index is 12.9. The third-order valence-corrected chi connectivity index (χ3v) is 6.31. The Morgan fingerprint density at radius 2 is 2.08 bits per heavy atom. The number of nitrogens with one attached hydrogen (secondary N) is 1. The number of rotatable bonds is 5. The number of aromatic nitrogens is 4. The summed E-state index contributed by atoms with van der Waals surface area (Å²) in [5.74, 6) is 1.34. The molecule has 8 nitrogen and oxygen atoms in total. The summed E-state index contributed by atoms with van der Waals surface area (Å²) in [4.78, 5) is 0.171. The molecule has 0 radical (unpaired) electrons. The number of methoxy groups -OCH3 is 1. The largest absolute Gasteiger partial charge is 0.494 e. The Hall–Kier alpha value is -2.00. The molecule has 9 heteroatoms. The lowest BCUT2D eigenvalue weighted by Crippen LogP contribution is -2.42. The van der Waals surface area contributed by atoms with Crippen molar-refractivity contribution in [1.29, 1.82) is 0 Å². The summed E-state index contributed by atoms with van der Waals surface area (Å²) in [5.41, 5.74) is 0.473. The van der Waals surface area contributed by atoms with E-state index in [-0.39, 0.29) is 10.9 Å². The van der Waals surface area contributed by atoms with E-state index in [0.29, 0.717) is 23.3 Å². The summed E-state index contributed by atoms with van der Waals surface area (Å²) >= 11 is 0. The van der Waals surface area contributed by atoms with E-state index >= 15 is 0 Å². The molecule has 0 amide bonds. The molecule has 3 rings (SSSR count). The van der Waals surface area contributed by atoms with Gasteiger partial charge in [0, 0.05) is 6.04 Å². The van der Waals surface area contributed by atoms with Crippen LogP contribution in [0.3, 0.4) is 0 Å². The van der Waals surface area contributed by atoms with Gasteiger partial charge in [0.05, 0.1) is 12.0 Å². The fourth-order valence-corrected chi connectivity index (χ4v) is 4.63. The Labute approximate surface area is 147 Å². The van der Waals surface area contributed by atoms with Crippen LogP contribution in [0, 0.1) is 11.8 Å². The average molecular weight is 365 g/mol. The fraction of sp³-hybridized carbons (Fsp3) is 0.562. The first kappa shape index (κ1) is 17.8. The molecule has 0 spiro atoms. The molecule has 1 fully saturated rings. The number of hydrogen-bond acceptors (Lipinski definition) is 6. The highest BCUT2D eigenvalue weighted by Crippen LogP contribution is 2.30. The highest BCUT2D eigenvalue weighted by molar-refractivity contribution is 7.89. The molecule has 136 valence electrons. The van der Waals surface area contributed by atoms with Crippen molar-refractivity contribution in [3.05, 3.63) is 24.5 Å². The van der Waals surface area contributed by atoms with E-state index in [4.69, 9.17) is 4.74 Å². The van der Waals surface area contributed by atoms with Crippen molar-refractivity contribution >= 4 is 10.0 Å². The van der Waals surface area contributed by atoms with Gasteiger partial charge in [-0.2, -0.15) is 4.68 Å². The molecule has 1 aliphatic carbocycles. The zero-order valence-electron chi connectivity index (χ0n) is 14.6. The molecule has 1 aromatic heterocycles. The summed E-state index contributed by atoms with van der Waals surface area (Å²) in [6.45, 7) is 4.26. The first-order valence-electron chi connectivity index (χ1n) is 8.34.